The minimum atomic E-state index is -1.88. The monoisotopic (exact) mass is 888 g/mol. The number of nitrogens with one attached hydrogen (secondary N) is 7. The van der Waals surface area contributed by atoms with E-state index in [4.69, 9.17) is 33.1 Å². The molecule has 27 nitrogen and oxygen atoms in total. The van der Waals surface area contributed by atoms with Gasteiger partial charge in [-0.25, -0.2) is 0 Å². The summed E-state index contributed by atoms with van der Waals surface area (Å²) < 4.78 is 0. The second kappa shape index (κ2) is 28.8. The summed E-state index contributed by atoms with van der Waals surface area (Å²) in [6.45, 7) is 3.75. The molecule has 19 N–H and O–H groups in total. The van der Waals surface area contributed by atoms with Gasteiger partial charge in [0, 0.05) is 19.4 Å². The number of aliphatic carboxylic acids is 4. The highest BCUT2D eigenvalue weighted by Crippen LogP contribution is 2.07. The highest BCUT2D eigenvalue weighted by Gasteiger charge is 2.33. The van der Waals surface area contributed by atoms with Gasteiger partial charge in [0.25, 0.3) is 0 Å². The van der Waals surface area contributed by atoms with Crippen LogP contribution in [0.5, 0.6) is 0 Å². The van der Waals surface area contributed by atoms with Crippen LogP contribution >= 0.6 is 0 Å². The molecule has 8 atom stereocenters. The van der Waals surface area contributed by atoms with Crippen molar-refractivity contribution in [1.29, 1.82) is 0 Å². The van der Waals surface area contributed by atoms with Gasteiger partial charge in [-0.1, -0.05) is 6.42 Å². The molecule has 350 valence electrons. The molecule has 0 aromatic heterocycles. The molecule has 0 saturated carbocycles. The highest BCUT2D eigenvalue weighted by molar-refractivity contribution is 5.98. The molecule has 0 aliphatic carbocycles. The third-order valence-electron chi connectivity index (χ3n) is 8.69. The number of nitrogens with zero attached hydrogens (tertiary/aromatic N) is 1. The van der Waals surface area contributed by atoms with E-state index in [1.54, 1.807) is 0 Å². The van der Waals surface area contributed by atoms with Gasteiger partial charge < -0.3 is 80.6 Å². The maximum absolute atomic E-state index is 13.5. The molecule has 0 aromatic rings. The van der Waals surface area contributed by atoms with E-state index in [1.807, 2.05) is 0 Å². The van der Waals surface area contributed by atoms with E-state index in [-0.39, 0.29) is 31.8 Å². The fraction of sp³-hybridized carbons (Fsp3) is 0.657. The Morgan fingerprint density at radius 2 is 0.887 bits per heavy atom. The standard InChI is InChI=1S/C35H60N12O15/c1-16(27(54)44-21(9-11-24(48)49)31(58)43-18(3)34(61)62)42-33(60)23(15-26(52)53)47-28(55)17(2)41-30(57)22(10-12-25(50)51)46-32(59)20(8-6-14-40-35(38)39)45-29(56)19(37)7-4-5-13-36/h16-23H,4-15,36-37H2,1-3H3,(H,41,57)(H,42,60)(H,43,58)(H,44,54)(H,45,56)(H,46,59)(H,47,55)(H,48,49)(H,50,51)(H,52,53)(H,61,62)(H4,38,39,40). The van der Waals surface area contributed by atoms with Crippen molar-refractivity contribution in [2.45, 2.75) is 133 Å². The summed E-state index contributed by atoms with van der Waals surface area (Å²) in [4.78, 5) is 141. The van der Waals surface area contributed by atoms with E-state index >= 15 is 0 Å². The van der Waals surface area contributed by atoms with Crippen LogP contribution in [0.1, 0.15) is 85.0 Å². The van der Waals surface area contributed by atoms with Crippen LogP contribution in [-0.4, -0.2) is 153 Å². The van der Waals surface area contributed by atoms with E-state index in [9.17, 15) is 63.0 Å². The molecule has 0 aromatic carbocycles. The van der Waals surface area contributed by atoms with Gasteiger partial charge in [0.15, 0.2) is 5.96 Å². The van der Waals surface area contributed by atoms with Crippen LogP contribution in [0.15, 0.2) is 4.99 Å². The number of guanidine groups is 1. The van der Waals surface area contributed by atoms with Crippen molar-refractivity contribution in [3.63, 3.8) is 0 Å². The normalized spacial score (nSPS) is 14.6. The van der Waals surface area contributed by atoms with Crippen molar-refractivity contribution in [2.24, 2.45) is 27.9 Å². The first-order valence-corrected chi connectivity index (χ1v) is 19.4. The van der Waals surface area contributed by atoms with E-state index in [0.717, 1.165) is 20.8 Å². The summed E-state index contributed by atoms with van der Waals surface area (Å²) in [6, 6.07) is -11.9. The lowest BCUT2D eigenvalue weighted by Crippen LogP contribution is -2.59. The number of carboxylic acids is 4. The van der Waals surface area contributed by atoms with Gasteiger partial charge in [-0.3, -0.25) is 57.7 Å². The fourth-order valence-corrected chi connectivity index (χ4v) is 5.15. The number of amides is 7. The summed E-state index contributed by atoms with van der Waals surface area (Å²) in [5, 5.41) is 52.5. The fourth-order valence-electron chi connectivity index (χ4n) is 5.15. The second-order valence-corrected chi connectivity index (χ2v) is 14.1. The Kier molecular flexibility index (Phi) is 25.7. The maximum Gasteiger partial charge on any atom is 0.325 e. The number of nitrogens with two attached hydrogens (primary N) is 4. The molecule has 0 saturated heterocycles. The zero-order valence-electron chi connectivity index (χ0n) is 34.6. The molecule has 0 radical (unpaired) electrons. The zero-order chi connectivity index (χ0) is 47.7. The number of carbonyl (C=O) groups excluding carboxylic acids is 7. The first-order chi connectivity index (χ1) is 28.9. The van der Waals surface area contributed by atoms with E-state index in [1.165, 1.54) is 0 Å². The summed E-state index contributed by atoms with van der Waals surface area (Å²) >= 11 is 0. The van der Waals surface area contributed by atoms with E-state index in [2.05, 4.69) is 42.2 Å². The van der Waals surface area contributed by atoms with Crippen molar-refractivity contribution in [1.82, 2.24) is 37.2 Å². The molecule has 0 spiro atoms. The van der Waals surface area contributed by atoms with E-state index in [0.29, 0.717) is 19.4 Å². The van der Waals surface area contributed by atoms with Gasteiger partial charge in [0.05, 0.1) is 12.5 Å². The first kappa shape index (κ1) is 55.4. The lowest BCUT2D eigenvalue weighted by atomic mass is 10.1. The van der Waals surface area contributed by atoms with Crippen LogP contribution < -0.4 is 60.2 Å². The Balaban J connectivity index is 6.02. The van der Waals surface area contributed by atoms with Gasteiger partial charge in [0.1, 0.15) is 42.3 Å². The SMILES string of the molecule is CC(NC(=O)C(CCC(=O)O)NC(=O)C(C)NC(=O)C(CC(=O)O)NC(=O)C(C)NC(=O)C(CCC(=O)O)NC(=O)C(CCCN=C(N)N)NC(=O)C(N)CCCCN)C(=O)O. The first-order valence-electron chi connectivity index (χ1n) is 19.4. The zero-order valence-corrected chi connectivity index (χ0v) is 34.6. The molecule has 8 unspecified atom stereocenters. The molecular weight excluding hydrogens is 828 g/mol. The summed E-state index contributed by atoms with van der Waals surface area (Å²) in [7, 11) is 0. The number of carbonyl (C=O) groups is 11. The van der Waals surface area contributed by atoms with Gasteiger partial charge in [0.2, 0.25) is 41.4 Å². The van der Waals surface area contributed by atoms with Crippen molar-refractivity contribution < 1.29 is 73.2 Å². The number of hydrogen-bond acceptors (Lipinski definition) is 14. The van der Waals surface area contributed by atoms with Crippen LogP contribution in [0.3, 0.4) is 0 Å². The molecule has 0 bridgehead atoms. The lowest BCUT2D eigenvalue weighted by molar-refractivity contribution is -0.142. The Labute approximate surface area is 355 Å². The quantitative estimate of drug-likeness (QED) is 0.0175. The molecule has 0 aliphatic rings. The third kappa shape index (κ3) is 23.2. The summed E-state index contributed by atoms with van der Waals surface area (Å²) in [5.74, 6) is -13.2. The van der Waals surface area contributed by atoms with E-state index < -0.39 is 146 Å². The second-order valence-electron chi connectivity index (χ2n) is 14.1. The lowest BCUT2D eigenvalue weighted by Gasteiger charge is -2.26. The van der Waals surface area contributed by atoms with Gasteiger partial charge in [-0.15, -0.1) is 0 Å². The Bertz CT molecular complexity index is 1640. The molecule has 0 aliphatic heterocycles. The topological polar surface area (TPSA) is 469 Å². The number of unbranched alkanes of at least 4 members (excludes halogenated alkanes) is 1. The Hall–Kier alpha value is -6.64. The predicted octanol–water partition coefficient (Wildman–Crippen LogP) is -5.76. The van der Waals surface area contributed by atoms with Crippen molar-refractivity contribution >= 4 is 71.2 Å². The number of hydrogen-bond donors (Lipinski definition) is 15. The van der Waals surface area contributed by atoms with Crippen molar-refractivity contribution in [2.75, 3.05) is 13.1 Å². The Morgan fingerprint density at radius 1 is 0.484 bits per heavy atom. The largest absolute Gasteiger partial charge is 0.481 e. The summed E-state index contributed by atoms with van der Waals surface area (Å²) in [5.41, 5.74) is 22.2. The average Bonchev–Trinajstić information content (AvgIpc) is 3.17. The smallest absolute Gasteiger partial charge is 0.325 e. The predicted molar refractivity (Wildman–Crippen MR) is 215 cm³/mol. The molecular formula is C35H60N12O15. The molecule has 0 heterocycles. The van der Waals surface area contributed by atoms with Crippen molar-refractivity contribution in [3.05, 3.63) is 0 Å². The van der Waals surface area contributed by atoms with Crippen LogP contribution in [0.25, 0.3) is 0 Å². The average molecular weight is 889 g/mol. The summed E-state index contributed by atoms with van der Waals surface area (Å²) in [6.07, 6.45) is -1.85. The van der Waals surface area contributed by atoms with Crippen LogP contribution in [-0.2, 0) is 52.7 Å². The molecule has 7 amide bonds. The van der Waals surface area contributed by atoms with Crippen LogP contribution in [0.4, 0.5) is 0 Å². The Morgan fingerprint density at radius 3 is 1.32 bits per heavy atom. The molecule has 27 heteroatoms. The van der Waals surface area contributed by atoms with Gasteiger partial charge in [-0.05, 0) is 65.8 Å². The number of carboxylic acid groups (broad SMARTS) is 4. The number of rotatable bonds is 31. The highest BCUT2D eigenvalue weighted by atomic mass is 16.4. The van der Waals surface area contributed by atoms with Gasteiger partial charge in [-0.2, -0.15) is 0 Å². The molecule has 62 heavy (non-hydrogen) atoms. The van der Waals surface area contributed by atoms with Crippen molar-refractivity contribution in [3.8, 4) is 0 Å². The minimum Gasteiger partial charge on any atom is -0.481 e. The van der Waals surface area contributed by atoms with Crippen LogP contribution in [0.2, 0.25) is 0 Å². The van der Waals surface area contributed by atoms with Gasteiger partial charge >= 0.3 is 23.9 Å². The minimum absolute atomic E-state index is 0.0520. The maximum atomic E-state index is 13.5. The number of aliphatic imine (C=N–C) groups is 1. The molecule has 0 fully saturated rings. The third-order valence-corrected chi connectivity index (χ3v) is 8.69. The van der Waals surface area contributed by atoms with Crippen LogP contribution in [0, 0.1) is 0 Å². The molecule has 0 rings (SSSR count).